The molecule has 0 unspecified atom stereocenters. The van der Waals surface area contributed by atoms with Gasteiger partial charge in [-0.3, -0.25) is 0 Å². The van der Waals surface area contributed by atoms with Gasteiger partial charge < -0.3 is 16.0 Å². The van der Waals surface area contributed by atoms with Gasteiger partial charge in [0.15, 0.2) is 5.11 Å². The highest BCUT2D eigenvalue weighted by Crippen LogP contribution is 2.21. The van der Waals surface area contributed by atoms with E-state index >= 15 is 0 Å². The van der Waals surface area contributed by atoms with Crippen molar-refractivity contribution in [3.05, 3.63) is 54.6 Å². The summed E-state index contributed by atoms with van der Waals surface area (Å²) in [6, 6.07) is 18.9. The number of para-hydroxylation sites is 1. The molecule has 3 nitrogen and oxygen atoms in total. The van der Waals surface area contributed by atoms with Crippen LogP contribution < -0.4 is 16.0 Å². The van der Waals surface area contributed by atoms with Crippen LogP contribution >= 0.6 is 12.2 Å². The number of hydrogen-bond acceptors (Lipinski definition) is 2. The summed E-state index contributed by atoms with van der Waals surface area (Å²) in [5.41, 5.74) is 3.12. The monoisotopic (exact) mass is 325 g/mol. The van der Waals surface area contributed by atoms with Crippen molar-refractivity contribution in [2.45, 2.75) is 38.1 Å². The first kappa shape index (κ1) is 15.8. The van der Waals surface area contributed by atoms with E-state index in [1.807, 2.05) is 30.3 Å². The second-order valence-corrected chi connectivity index (χ2v) is 6.41. The zero-order chi connectivity index (χ0) is 15.9. The van der Waals surface area contributed by atoms with Gasteiger partial charge in [-0.15, -0.1) is 0 Å². The van der Waals surface area contributed by atoms with Crippen molar-refractivity contribution in [3.63, 3.8) is 0 Å². The lowest BCUT2D eigenvalue weighted by Gasteiger charge is -2.24. The Morgan fingerprint density at radius 1 is 0.826 bits per heavy atom. The van der Waals surface area contributed by atoms with Crippen molar-refractivity contribution in [3.8, 4) is 0 Å². The summed E-state index contributed by atoms with van der Waals surface area (Å²) >= 11 is 5.45. The number of benzene rings is 2. The van der Waals surface area contributed by atoms with Crippen LogP contribution in [0.25, 0.3) is 0 Å². The van der Waals surface area contributed by atoms with Gasteiger partial charge in [-0.1, -0.05) is 43.5 Å². The predicted octanol–water partition coefficient (Wildman–Crippen LogP) is 5.05. The molecular weight excluding hydrogens is 302 g/mol. The summed E-state index contributed by atoms with van der Waals surface area (Å²) < 4.78 is 0. The standard InChI is InChI=1S/C19H23N3S/c23-19(21-16-10-5-2-6-11-16)22-18-13-7-12-17(14-18)20-15-8-3-1-4-9-15/h1,3-4,7-9,12-14,16,20H,2,5-6,10-11H2,(H2,21,22,23). The Morgan fingerprint density at radius 3 is 2.30 bits per heavy atom. The highest BCUT2D eigenvalue weighted by molar-refractivity contribution is 7.80. The topological polar surface area (TPSA) is 36.1 Å². The fourth-order valence-electron chi connectivity index (χ4n) is 2.96. The van der Waals surface area contributed by atoms with Crippen molar-refractivity contribution in [1.29, 1.82) is 0 Å². The first-order valence-corrected chi connectivity index (χ1v) is 8.70. The Hall–Kier alpha value is -2.07. The van der Waals surface area contributed by atoms with E-state index in [1.165, 1.54) is 32.1 Å². The van der Waals surface area contributed by atoms with Crippen molar-refractivity contribution in [1.82, 2.24) is 5.32 Å². The summed E-state index contributed by atoms with van der Waals surface area (Å²) in [4.78, 5) is 0. The zero-order valence-electron chi connectivity index (χ0n) is 13.2. The molecule has 2 aromatic rings. The normalized spacial score (nSPS) is 15.0. The molecule has 4 heteroatoms. The minimum atomic E-state index is 0.523. The summed E-state index contributed by atoms with van der Waals surface area (Å²) in [7, 11) is 0. The molecule has 1 saturated carbocycles. The smallest absolute Gasteiger partial charge is 0.170 e. The third kappa shape index (κ3) is 4.96. The molecule has 0 amide bonds. The number of rotatable bonds is 4. The molecule has 3 N–H and O–H groups in total. The van der Waals surface area contributed by atoms with Crippen molar-refractivity contribution >= 4 is 34.4 Å². The van der Waals surface area contributed by atoms with Crippen molar-refractivity contribution in [2.24, 2.45) is 0 Å². The quantitative estimate of drug-likeness (QED) is 0.688. The van der Waals surface area contributed by atoms with Crippen molar-refractivity contribution in [2.75, 3.05) is 10.6 Å². The minimum Gasteiger partial charge on any atom is -0.360 e. The van der Waals surface area contributed by atoms with Gasteiger partial charge in [0.2, 0.25) is 0 Å². The Morgan fingerprint density at radius 2 is 1.52 bits per heavy atom. The van der Waals surface area contributed by atoms with E-state index < -0.39 is 0 Å². The van der Waals surface area contributed by atoms with Crippen LogP contribution in [0.1, 0.15) is 32.1 Å². The predicted molar refractivity (Wildman–Crippen MR) is 102 cm³/mol. The minimum absolute atomic E-state index is 0.523. The largest absolute Gasteiger partial charge is 0.360 e. The van der Waals surface area contributed by atoms with Crippen molar-refractivity contribution < 1.29 is 0 Å². The van der Waals surface area contributed by atoms with Gasteiger partial charge in [-0.2, -0.15) is 0 Å². The molecule has 1 aliphatic carbocycles. The van der Waals surface area contributed by atoms with Crippen LogP contribution in [0.15, 0.2) is 54.6 Å². The van der Waals surface area contributed by atoms with Crippen LogP contribution in [0, 0.1) is 0 Å². The van der Waals surface area contributed by atoms with Crippen LogP contribution in [0.2, 0.25) is 0 Å². The first-order valence-electron chi connectivity index (χ1n) is 8.29. The van der Waals surface area contributed by atoms with Crippen LogP contribution in [0.4, 0.5) is 17.1 Å². The summed E-state index contributed by atoms with van der Waals surface area (Å²) in [6.07, 6.45) is 6.40. The van der Waals surface area contributed by atoms with Gasteiger partial charge >= 0.3 is 0 Å². The number of nitrogens with one attached hydrogen (secondary N) is 3. The van der Waals surface area contributed by atoms with Crippen LogP contribution in [0.5, 0.6) is 0 Å². The third-order valence-electron chi connectivity index (χ3n) is 4.12. The first-order chi connectivity index (χ1) is 11.3. The molecule has 0 radical (unpaired) electrons. The van der Waals surface area contributed by atoms with Gasteiger partial charge in [0, 0.05) is 23.1 Å². The molecule has 0 saturated heterocycles. The summed E-state index contributed by atoms with van der Waals surface area (Å²) in [6.45, 7) is 0. The molecule has 0 aromatic heterocycles. The molecule has 120 valence electrons. The lowest BCUT2D eigenvalue weighted by Crippen LogP contribution is -2.38. The molecule has 23 heavy (non-hydrogen) atoms. The lowest BCUT2D eigenvalue weighted by atomic mass is 9.96. The third-order valence-corrected chi connectivity index (χ3v) is 4.34. The van der Waals surface area contributed by atoms with E-state index in [9.17, 15) is 0 Å². The fraction of sp³-hybridized carbons (Fsp3) is 0.316. The van der Waals surface area contributed by atoms with E-state index in [0.29, 0.717) is 11.2 Å². The Labute approximate surface area is 143 Å². The van der Waals surface area contributed by atoms with E-state index in [4.69, 9.17) is 12.2 Å². The summed E-state index contributed by atoms with van der Waals surface area (Å²) in [5.74, 6) is 0. The molecule has 2 aromatic carbocycles. The SMILES string of the molecule is S=C(Nc1cccc(Nc2ccccc2)c1)NC1CCCCC1. The highest BCUT2D eigenvalue weighted by Gasteiger charge is 2.13. The lowest BCUT2D eigenvalue weighted by molar-refractivity contribution is 0.415. The van der Waals surface area contributed by atoms with Gasteiger partial charge in [-0.25, -0.2) is 0 Å². The molecule has 3 rings (SSSR count). The van der Waals surface area contributed by atoms with Gasteiger partial charge in [-0.05, 0) is 55.4 Å². The zero-order valence-corrected chi connectivity index (χ0v) is 14.0. The number of thiocarbonyl (C=S) groups is 1. The number of hydrogen-bond donors (Lipinski definition) is 3. The second kappa shape index (κ2) is 7.97. The Bertz CT molecular complexity index is 636. The van der Waals surface area contributed by atoms with E-state index in [2.05, 4.69) is 40.2 Å². The highest BCUT2D eigenvalue weighted by atomic mass is 32.1. The maximum absolute atomic E-state index is 5.45. The van der Waals surface area contributed by atoms with Gasteiger partial charge in [0.25, 0.3) is 0 Å². The fourth-order valence-corrected chi connectivity index (χ4v) is 3.25. The van der Waals surface area contributed by atoms with Crippen LogP contribution in [-0.2, 0) is 0 Å². The Kier molecular flexibility index (Phi) is 5.48. The molecule has 0 spiro atoms. The molecule has 0 aliphatic heterocycles. The number of anilines is 3. The van der Waals surface area contributed by atoms with Crippen LogP contribution in [-0.4, -0.2) is 11.2 Å². The Balaban J connectivity index is 1.57. The molecule has 1 fully saturated rings. The average molecular weight is 325 g/mol. The average Bonchev–Trinajstić information content (AvgIpc) is 2.57. The molecular formula is C19H23N3S. The second-order valence-electron chi connectivity index (χ2n) is 6.01. The van der Waals surface area contributed by atoms with E-state index in [1.54, 1.807) is 0 Å². The maximum atomic E-state index is 5.45. The molecule has 0 heterocycles. The van der Waals surface area contributed by atoms with Crippen LogP contribution in [0.3, 0.4) is 0 Å². The molecule has 1 aliphatic rings. The molecule has 0 atom stereocenters. The van der Waals surface area contributed by atoms with Gasteiger partial charge in [0.05, 0.1) is 0 Å². The van der Waals surface area contributed by atoms with E-state index in [-0.39, 0.29) is 0 Å². The molecule has 0 bridgehead atoms. The summed E-state index contributed by atoms with van der Waals surface area (Å²) in [5, 5.41) is 10.8. The van der Waals surface area contributed by atoms with Gasteiger partial charge in [0.1, 0.15) is 0 Å². The van der Waals surface area contributed by atoms with E-state index in [0.717, 1.165) is 17.1 Å². The maximum Gasteiger partial charge on any atom is 0.170 e.